The van der Waals surface area contributed by atoms with Crippen molar-refractivity contribution in [2.75, 3.05) is 12.8 Å². The number of anilines is 1. The van der Waals surface area contributed by atoms with Crippen molar-refractivity contribution in [1.29, 1.82) is 0 Å². The molecule has 1 aromatic heterocycles. The summed E-state index contributed by atoms with van der Waals surface area (Å²) >= 11 is 0. The third kappa shape index (κ3) is 4.23. The molecular weight excluding hydrogens is 238 g/mol. The molecule has 0 amide bonds. The standard InChI is InChI=1S/C15H29N3O/c1-6-8-10-18-13(9-7-2)17-12(14(18)16)11-15(3,4)19-5/h6-11,16H2,1-5H3. The quantitative estimate of drug-likeness (QED) is 0.787. The second-order valence-electron chi connectivity index (χ2n) is 5.76. The average molecular weight is 267 g/mol. The Kier molecular flexibility index (Phi) is 5.85. The van der Waals surface area contributed by atoms with Crippen LogP contribution in [0.1, 0.15) is 58.5 Å². The predicted molar refractivity (Wildman–Crippen MR) is 80.3 cm³/mol. The van der Waals surface area contributed by atoms with Crippen molar-refractivity contribution >= 4 is 5.82 Å². The molecule has 2 N–H and O–H groups in total. The number of aryl methyl sites for hydroxylation is 1. The van der Waals surface area contributed by atoms with Crippen LogP contribution < -0.4 is 5.73 Å². The Labute approximate surface area is 117 Å². The normalized spacial score (nSPS) is 12.1. The maximum absolute atomic E-state index is 6.28. The monoisotopic (exact) mass is 267 g/mol. The highest BCUT2D eigenvalue weighted by molar-refractivity contribution is 5.39. The number of nitrogens with two attached hydrogens (primary N) is 1. The molecule has 19 heavy (non-hydrogen) atoms. The fourth-order valence-electron chi connectivity index (χ4n) is 2.15. The van der Waals surface area contributed by atoms with Gasteiger partial charge in [-0.15, -0.1) is 0 Å². The molecule has 4 heteroatoms. The first-order valence-electron chi connectivity index (χ1n) is 7.34. The van der Waals surface area contributed by atoms with E-state index in [0.717, 1.165) is 49.6 Å². The molecule has 1 rings (SSSR count). The molecule has 0 atom stereocenters. The van der Waals surface area contributed by atoms with Crippen LogP contribution in [0.4, 0.5) is 5.82 Å². The average Bonchev–Trinajstić information content (AvgIpc) is 2.64. The number of ether oxygens (including phenoxy) is 1. The number of rotatable bonds is 8. The lowest BCUT2D eigenvalue weighted by molar-refractivity contribution is 0.0226. The molecule has 0 aliphatic heterocycles. The number of nitrogens with zero attached hydrogens (tertiary/aromatic N) is 2. The highest BCUT2D eigenvalue weighted by Crippen LogP contribution is 2.23. The Morgan fingerprint density at radius 1 is 1.26 bits per heavy atom. The lowest BCUT2D eigenvalue weighted by Gasteiger charge is -2.21. The third-order valence-electron chi connectivity index (χ3n) is 3.52. The molecule has 0 aliphatic rings. The van der Waals surface area contributed by atoms with Gasteiger partial charge in [0, 0.05) is 26.5 Å². The summed E-state index contributed by atoms with van der Waals surface area (Å²) in [6.45, 7) is 9.47. The maximum Gasteiger partial charge on any atom is 0.126 e. The molecule has 1 aromatic rings. The zero-order chi connectivity index (χ0) is 14.5. The zero-order valence-electron chi connectivity index (χ0n) is 13.1. The van der Waals surface area contributed by atoms with E-state index in [9.17, 15) is 0 Å². The van der Waals surface area contributed by atoms with Gasteiger partial charge in [0.15, 0.2) is 0 Å². The highest BCUT2D eigenvalue weighted by atomic mass is 16.5. The van der Waals surface area contributed by atoms with Gasteiger partial charge in [0.05, 0.1) is 11.3 Å². The Morgan fingerprint density at radius 3 is 2.47 bits per heavy atom. The van der Waals surface area contributed by atoms with Crippen LogP contribution in [0, 0.1) is 0 Å². The summed E-state index contributed by atoms with van der Waals surface area (Å²) in [5.41, 5.74) is 7.04. The lowest BCUT2D eigenvalue weighted by Crippen LogP contribution is -2.26. The van der Waals surface area contributed by atoms with Crippen LogP contribution in [0.25, 0.3) is 0 Å². The van der Waals surface area contributed by atoms with Crippen molar-refractivity contribution < 1.29 is 4.74 Å². The van der Waals surface area contributed by atoms with E-state index in [1.165, 1.54) is 6.42 Å². The van der Waals surface area contributed by atoms with Crippen LogP contribution >= 0.6 is 0 Å². The van der Waals surface area contributed by atoms with E-state index in [0.29, 0.717) is 0 Å². The van der Waals surface area contributed by atoms with Crippen molar-refractivity contribution in [2.24, 2.45) is 0 Å². The van der Waals surface area contributed by atoms with E-state index in [1.807, 2.05) is 0 Å². The van der Waals surface area contributed by atoms with Crippen LogP contribution in [0.2, 0.25) is 0 Å². The van der Waals surface area contributed by atoms with Gasteiger partial charge in [0.1, 0.15) is 11.6 Å². The number of methoxy groups -OCH3 is 1. The second-order valence-corrected chi connectivity index (χ2v) is 5.76. The molecule has 0 bridgehead atoms. The Balaban J connectivity index is 2.99. The van der Waals surface area contributed by atoms with Gasteiger partial charge in [0.2, 0.25) is 0 Å². The summed E-state index contributed by atoms with van der Waals surface area (Å²) in [7, 11) is 1.73. The van der Waals surface area contributed by atoms with Gasteiger partial charge in [-0.2, -0.15) is 0 Å². The van der Waals surface area contributed by atoms with Crippen molar-refractivity contribution in [2.45, 2.75) is 71.9 Å². The highest BCUT2D eigenvalue weighted by Gasteiger charge is 2.23. The molecule has 110 valence electrons. The smallest absolute Gasteiger partial charge is 0.126 e. The molecule has 1 heterocycles. The molecule has 0 aliphatic carbocycles. The van der Waals surface area contributed by atoms with Crippen LogP contribution in [0.5, 0.6) is 0 Å². The number of hydrogen-bond donors (Lipinski definition) is 1. The fourth-order valence-corrected chi connectivity index (χ4v) is 2.15. The van der Waals surface area contributed by atoms with Crippen LogP contribution in [0.3, 0.4) is 0 Å². The van der Waals surface area contributed by atoms with E-state index in [-0.39, 0.29) is 5.60 Å². The summed E-state index contributed by atoms with van der Waals surface area (Å²) < 4.78 is 7.67. The van der Waals surface area contributed by atoms with E-state index in [1.54, 1.807) is 7.11 Å². The van der Waals surface area contributed by atoms with Gasteiger partial charge >= 0.3 is 0 Å². The fraction of sp³-hybridized carbons (Fsp3) is 0.800. The molecule has 0 unspecified atom stereocenters. The van der Waals surface area contributed by atoms with Crippen LogP contribution in [0.15, 0.2) is 0 Å². The molecular formula is C15H29N3O. The number of imidazole rings is 1. The van der Waals surface area contributed by atoms with E-state index >= 15 is 0 Å². The van der Waals surface area contributed by atoms with Gasteiger partial charge < -0.3 is 15.0 Å². The zero-order valence-corrected chi connectivity index (χ0v) is 13.1. The van der Waals surface area contributed by atoms with Crippen molar-refractivity contribution in [1.82, 2.24) is 9.55 Å². The van der Waals surface area contributed by atoms with Gasteiger partial charge in [0.25, 0.3) is 0 Å². The van der Waals surface area contributed by atoms with Gasteiger partial charge in [-0.1, -0.05) is 20.3 Å². The lowest BCUT2D eigenvalue weighted by atomic mass is 10.0. The molecule has 0 spiro atoms. The number of unbranched alkanes of at least 4 members (excludes halogenated alkanes) is 1. The minimum Gasteiger partial charge on any atom is -0.384 e. The van der Waals surface area contributed by atoms with Gasteiger partial charge in [-0.3, -0.25) is 0 Å². The number of aromatic nitrogens is 2. The summed E-state index contributed by atoms with van der Waals surface area (Å²) in [5.74, 6) is 1.94. The first-order valence-corrected chi connectivity index (χ1v) is 7.34. The summed E-state index contributed by atoms with van der Waals surface area (Å²) in [6.07, 6.45) is 5.15. The SMILES string of the molecule is CCCCn1c(CCC)nc(CC(C)(C)OC)c1N. The number of nitrogen functional groups attached to an aromatic ring is 1. The van der Waals surface area contributed by atoms with Gasteiger partial charge in [-0.05, 0) is 26.7 Å². The van der Waals surface area contributed by atoms with Gasteiger partial charge in [-0.25, -0.2) is 4.98 Å². The Hall–Kier alpha value is -1.03. The molecule has 0 radical (unpaired) electrons. The third-order valence-corrected chi connectivity index (χ3v) is 3.52. The van der Waals surface area contributed by atoms with Crippen molar-refractivity contribution in [3.05, 3.63) is 11.5 Å². The molecule has 0 saturated carbocycles. The predicted octanol–water partition coefficient (Wildman–Crippen LogP) is 3.19. The first-order chi connectivity index (χ1) is 8.95. The largest absolute Gasteiger partial charge is 0.384 e. The van der Waals surface area contributed by atoms with E-state index in [2.05, 4.69) is 32.3 Å². The molecule has 4 nitrogen and oxygen atoms in total. The van der Waals surface area contributed by atoms with E-state index in [4.69, 9.17) is 15.5 Å². The van der Waals surface area contributed by atoms with E-state index < -0.39 is 0 Å². The minimum atomic E-state index is -0.221. The second kappa shape index (κ2) is 6.94. The summed E-state index contributed by atoms with van der Waals surface area (Å²) in [4.78, 5) is 4.74. The topological polar surface area (TPSA) is 53.1 Å². The maximum atomic E-state index is 6.28. The molecule has 0 saturated heterocycles. The Morgan fingerprint density at radius 2 is 1.95 bits per heavy atom. The first kappa shape index (κ1) is 16.0. The van der Waals surface area contributed by atoms with Crippen molar-refractivity contribution in [3.63, 3.8) is 0 Å². The minimum absolute atomic E-state index is 0.221. The summed E-state index contributed by atoms with van der Waals surface area (Å²) in [6, 6.07) is 0. The molecule has 0 fully saturated rings. The van der Waals surface area contributed by atoms with Crippen molar-refractivity contribution in [3.8, 4) is 0 Å². The van der Waals surface area contributed by atoms with Crippen LogP contribution in [-0.2, 0) is 24.1 Å². The Bertz CT molecular complexity index is 396. The summed E-state index contributed by atoms with van der Waals surface area (Å²) in [5, 5.41) is 0. The number of hydrogen-bond acceptors (Lipinski definition) is 3. The molecule has 0 aromatic carbocycles. The van der Waals surface area contributed by atoms with Crippen LogP contribution in [-0.4, -0.2) is 22.3 Å².